The van der Waals surface area contributed by atoms with Gasteiger partial charge >= 0.3 is 0 Å². The summed E-state index contributed by atoms with van der Waals surface area (Å²) in [5.41, 5.74) is 1.49. The first kappa shape index (κ1) is 17.0. The highest BCUT2D eigenvalue weighted by Gasteiger charge is 1.93. The highest BCUT2D eigenvalue weighted by Crippen LogP contribution is 2.10. The fraction of sp³-hybridized carbons (Fsp3) is 0.556. The lowest BCUT2D eigenvalue weighted by Crippen LogP contribution is -1.85. The molecule has 0 spiro atoms. The molecule has 0 aliphatic rings. The van der Waals surface area contributed by atoms with Crippen molar-refractivity contribution in [2.24, 2.45) is 0 Å². The van der Waals surface area contributed by atoms with Crippen LogP contribution in [0.25, 0.3) is 0 Å². The average Bonchev–Trinajstić information content (AvgIpc) is 2.45. The Kier molecular flexibility index (Phi) is 13.2. The number of aryl methyl sites for hydroxylation is 1. The minimum Gasteiger partial charge on any atom is -0.106 e. The molecule has 0 atom stereocenters. The van der Waals surface area contributed by atoms with Crippen molar-refractivity contribution in [2.75, 3.05) is 0 Å². The van der Waals surface area contributed by atoms with Crippen LogP contribution in [-0.2, 0) is 6.42 Å². The van der Waals surface area contributed by atoms with Crippen molar-refractivity contribution in [1.82, 2.24) is 0 Å². The first-order valence-corrected chi connectivity index (χ1v) is 7.47. The molecule has 0 bridgehead atoms. The Morgan fingerprint density at radius 1 is 0.722 bits per heavy atom. The van der Waals surface area contributed by atoms with Gasteiger partial charge in [0.25, 0.3) is 0 Å². The molecular formula is C18H30. The molecule has 18 heavy (non-hydrogen) atoms. The van der Waals surface area contributed by atoms with Crippen molar-refractivity contribution in [2.45, 2.75) is 64.7 Å². The third-order valence-electron chi connectivity index (χ3n) is 3.16. The van der Waals surface area contributed by atoms with Gasteiger partial charge in [0.15, 0.2) is 0 Å². The van der Waals surface area contributed by atoms with Gasteiger partial charge < -0.3 is 0 Å². The summed E-state index contributed by atoms with van der Waals surface area (Å²) in [6.07, 6.45) is 12.5. The molecule has 0 fully saturated rings. The van der Waals surface area contributed by atoms with Crippen LogP contribution in [0.2, 0.25) is 0 Å². The molecule has 0 unspecified atom stereocenters. The number of hydrogen-bond acceptors (Lipinski definition) is 0. The molecule has 0 aromatic heterocycles. The van der Waals surface area contributed by atoms with Gasteiger partial charge in [-0.25, -0.2) is 0 Å². The largest absolute Gasteiger partial charge is 0.106 e. The van der Waals surface area contributed by atoms with Crippen molar-refractivity contribution >= 4 is 0 Å². The Bertz CT molecular complexity index is 250. The lowest BCUT2D eigenvalue weighted by atomic mass is 10.0. The van der Waals surface area contributed by atoms with E-state index in [0.29, 0.717) is 0 Å². The average molecular weight is 246 g/mol. The SMILES string of the molecule is C=C.CCCCCCCCCCc1ccccc1. The maximum absolute atomic E-state index is 3.00. The third kappa shape index (κ3) is 10.1. The van der Waals surface area contributed by atoms with Crippen LogP contribution < -0.4 is 0 Å². The van der Waals surface area contributed by atoms with E-state index in [1.165, 1.54) is 63.4 Å². The first-order chi connectivity index (χ1) is 8.93. The van der Waals surface area contributed by atoms with Crippen LogP contribution in [0.3, 0.4) is 0 Å². The van der Waals surface area contributed by atoms with Gasteiger partial charge in [0.1, 0.15) is 0 Å². The molecule has 0 N–H and O–H groups in total. The summed E-state index contributed by atoms with van der Waals surface area (Å²) in [5, 5.41) is 0. The van der Waals surface area contributed by atoms with Gasteiger partial charge in [-0.1, -0.05) is 82.2 Å². The molecular weight excluding hydrogens is 216 g/mol. The highest BCUT2D eigenvalue weighted by atomic mass is 14.0. The molecule has 0 aliphatic carbocycles. The Morgan fingerprint density at radius 2 is 1.22 bits per heavy atom. The summed E-state index contributed by atoms with van der Waals surface area (Å²) in [6.45, 7) is 8.28. The zero-order valence-electron chi connectivity index (χ0n) is 12.2. The Labute approximate surface area is 114 Å². The second-order valence-electron chi connectivity index (χ2n) is 4.71. The monoisotopic (exact) mass is 246 g/mol. The molecule has 0 saturated carbocycles. The Balaban J connectivity index is 0.00000137. The van der Waals surface area contributed by atoms with Crippen molar-refractivity contribution in [1.29, 1.82) is 0 Å². The van der Waals surface area contributed by atoms with Gasteiger partial charge in [0.05, 0.1) is 0 Å². The van der Waals surface area contributed by atoms with Gasteiger partial charge in [-0.2, -0.15) is 0 Å². The second-order valence-corrected chi connectivity index (χ2v) is 4.71. The van der Waals surface area contributed by atoms with Crippen molar-refractivity contribution in [3.8, 4) is 0 Å². The summed E-state index contributed by atoms with van der Waals surface area (Å²) in [5.74, 6) is 0. The maximum atomic E-state index is 3.00. The van der Waals surface area contributed by atoms with Crippen LogP contribution in [-0.4, -0.2) is 0 Å². The molecule has 0 aliphatic heterocycles. The summed E-state index contributed by atoms with van der Waals surface area (Å²) in [6, 6.07) is 10.8. The number of unbranched alkanes of at least 4 members (excludes halogenated alkanes) is 7. The van der Waals surface area contributed by atoms with E-state index in [2.05, 4.69) is 50.4 Å². The van der Waals surface area contributed by atoms with E-state index in [0.717, 1.165) is 0 Å². The topological polar surface area (TPSA) is 0 Å². The van der Waals surface area contributed by atoms with Crippen LogP contribution in [0.15, 0.2) is 43.5 Å². The molecule has 102 valence electrons. The van der Waals surface area contributed by atoms with E-state index in [-0.39, 0.29) is 0 Å². The Hall–Kier alpha value is -1.04. The normalized spacial score (nSPS) is 9.61. The second kappa shape index (κ2) is 14.0. The highest BCUT2D eigenvalue weighted by molar-refractivity contribution is 5.14. The predicted molar refractivity (Wildman–Crippen MR) is 84.0 cm³/mol. The van der Waals surface area contributed by atoms with Crippen LogP contribution >= 0.6 is 0 Å². The minimum absolute atomic E-state index is 1.26. The van der Waals surface area contributed by atoms with Gasteiger partial charge in [-0.05, 0) is 18.4 Å². The summed E-state index contributed by atoms with van der Waals surface area (Å²) < 4.78 is 0. The number of rotatable bonds is 9. The minimum atomic E-state index is 1.26. The van der Waals surface area contributed by atoms with Crippen LogP contribution in [0.4, 0.5) is 0 Å². The smallest absolute Gasteiger partial charge is 0.0279 e. The molecule has 1 aromatic rings. The summed E-state index contributed by atoms with van der Waals surface area (Å²) in [7, 11) is 0. The number of benzene rings is 1. The molecule has 0 heterocycles. The summed E-state index contributed by atoms with van der Waals surface area (Å²) >= 11 is 0. The lowest BCUT2D eigenvalue weighted by Gasteiger charge is -2.02. The van der Waals surface area contributed by atoms with Crippen LogP contribution in [0, 0.1) is 0 Å². The molecule has 0 nitrogen and oxygen atoms in total. The van der Waals surface area contributed by atoms with Crippen LogP contribution in [0.1, 0.15) is 63.9 Å². The van der Waals surface area contributed by atoms with Crippen molar-refractivity contribution in [3.63, 3.8) is 0 Å². The standard InChI is InChI=1S/C16H26.C2H4/c1-2-3-4-5-6-7-8-10-13-16-14-11-9-12-15-16;1-2/h9,11-12,14-15H,2-8,10,13H2,1H3;1-2H2. The fourth-order valence-corrected chi connectivity index (χ4v) is 2.11. The molecule has 1 rings (SSSR count). The zero-order chi connectivity index (χ0) is 13.5. The zero-order valence-corrected chi connectivity index (χ0v) is 12.2. The lowest BCUT2D eigenvalue weighted by molar-refractivity contribution is 0.575. The van der Waals surface area contributed by atoms with E-state index in [4.69, 9.17) is 0 Å². The molecule has 0 saturated heterocycles. The van der Waals surface area contributed by atoms with Crippen molar-refractivity contribution < 1.29 is 0 Å². The molecule has 0 amide bonds. The fourth-order valence-electron chi connectivity index (χ4n) is 2.11. The summed E-state index contributed by atoms with van der Waals surface area (Å²) in [4.78, 5) is 0. The van der Waals surface area contributed by atoms with E-state index in [9.17, 15) is 0 Å². The Morgan fingerprint density at radius 3 is 1.78 bits per heavy atom. The number of hydrogen-bond donors (Lipinski definition) is 0. The van der Waals surface area contributed by atoms with Gasteiger partial charge in [-0.3, -0.25) is 0 Å². The van der Waals surface area contributed by atoms with Gasteiger partial charge in [0, 0.05) is 0 Å². The van der Waals surface area contributed by atoms with Gasteiger partial charge in [0.2, 0.25) is 0 Å². The molecule has 0 heteroatoms. The van der Waals surface area contributed by atoms with E-state index in [1.54, 1.807) is 0 Å². The van der Waals surface area contributed by atoms with E-state index in [1.807, 2.05) is 0 Å². The van der Waals surface area contributed by atoms with Crippen molar-refractivity contribution in [3.05, 3.63) is 49.1 Å². The molecule has 0 radical (unpaired) electrons. The first-order valence-electron chi connectivity index (χ1n) is 7.47. The maximum Gasteiger partial charge on any atom is -0.0279 e. The third-order valence-corrected chi connectivity index (χ3v) is 3.16. The predicted octanol–water partition coefficient (Wildman–Crippen LogP) is 6.17. The quantitative estimate of drug-likeness (QED) is 0.361. The van der Waals surface area contributed by atoms with E-state index >= 15 is 0 Å². The van der Waals surface area contributed by atoms with E-state index < -0.39 is 0 Å². The van der Waals surface area contributed by atoms with Gasteiger partial charge in [-0.15, -0.1) is 13.2 Å². The molecule has 1 aromatic carbocycles. The van der Waals surface area contributed by atoms with Crippen LogP contribution in [0.5, 0.6) is 0 Å².